The number of amides is 1. The van der Waals surface area contributed by atoms with Gasteiger partial charge in [-0.25, -0.2) is 0 Å². The molecule has 0 saturated carbocycles. The summed E-state index contributed by atoms with van der Waals surface area (Å²) in [6.45, 7) is 7.06. The summed E-state index contributed by atoms with van der Waals surface area (Å²) >= 11 is 0. The summed E-state index contributed by atoms with van der Waals surface area (Å²) < 4.78 is 1.92. The molecule has 0 aliphatic rings. The number of nitrogens with zero attached hydrogens (tertiary/aromatic N) is 1. The van der Waals surface area contributed by atoms with Crippen molar-refractivity contribution in [3.8, 4) is 0 Å². The number of anilines is 1. The van der Waals surface area contributed by atoms with E-state index in [1.807, 2.05) is 10.8 Å². The first-order valence-corrected chi connectivity index (χ1v) is 6.38. The van der Waals surface area contributed by atoms with Crippen LogP contribution in [-0.4, -0.2) is 16.5 Å². The van der Waals surface area contributed by atoms with Gasteiger partial charge < -0.3 is 15.6 Å². The Hall–Kier alpha value is -1.45. The van der Waals surface area contributed by atoms with Gasteiger partial charge >= 0.3 is 0 Å². The Kier molecular flexibility index (Phi) is 5.07. The SMILES string of the molecule is CCCn1cc(N)cc1C(=O)NC(CC)CC. The Morgan fingerprint density at radius 1 is 1.41 bits per heavy atom. The highest BCUT2D eigenvalue weighted by Gasteiger charge is 2.15. The molecule has 3 N–H and O–H groups in total. The third kappa shape index (κ3) is 3.51. The molecule has 1 amide bonds. The second-order valence-electron chi connectivity index (χ2n) is 4.34. The molecule has 0 fully saturated rings. The molecule has 96 valence electrons. The largest absolute Gasteiger partial charge is 0.397 e. The number of aromatic nitrogens is 1. The summed E-state index contributed by atoms with van der Waals surface area (Å²) in [5.74, 6) is -0.0242. The summed E-state index contributed by atoms with van der Waals surface area (Å²) in [4.78, 5) is 12.1. The number of nitrogens with two attached hydrogens (primary N) is 1. The summed E-state index contributed by atoms with van der Waals surface area (Å²) in [7, 11) is 0. The molecule has 0 aliphatic carbocycles. The lowest BCUT2D eigenvalue weighted by Gasteiger charge is -2.15. The van der Waals surface area contributed by atoms with Crippen LogP contribution in [0.3, 0.4) is 0 Å². The molecule has 4 nitrogen and oxygen atoms in total. The van der Waals surface area contributed by atoms with Crippen LogP contribution in [0.25, 0.3) is 0 Å². The minimum Gasteiger partial charge on any atom is -0.397 e. The number of aryl methyl sites for hydroxylation is 1. The van der Waals surface area contributed by atoms with Crippen molar-refractivity contribution < 1.29 is 4.79 Å². The fourth-order valence-corrected chi connectivity index (χ4v) is 1.90. The smallest absolute Gasteiger partial charge is 0.268 e. The van der Waals surface area contributed by atoms with Crippen LogP contribution in [-0.2, 0) is 6.54 Å². The van der Waals surface area contributed by atoms with E-state index in [1.165, 1.54) is 0 Å². The topological polar surface area (TPSA) is 60.0 Å². The second-order valence-corrected chi connectivity index (χ2v) is 4.34. The van der Waals surface area contributed by atoms with Gasteiger partial charge in [0.2, 0.25) is 0 Å². The van der Waals surface area contributed by atoms with Crippen molar-refractivity contribution in [3.63, 3.8) is 0 Å². The Labute approximate surface area is 103 Å². The van der Waals surface area contributed by atoms with Gasteiger partial charge in [-0.05, 0) is 25.3 Å². The zero-order valence-electron chi connectivity index (χ0n) is 11.0. The minimum atomic E-state index is -0.0242. The Balaban J connectivity index is 2.80. The lowest BCUT2D eigenvalue weighted by molar-refractivity contribution is 0.0925. The van der Waals surface area contributed by atoms with Crippen molar-refractivity contribution in [2.24, 2.45) is 0 Å². The van der Waals surface area contributed by atoms with Gasteiger partial charge in [0.1, 0.15) is 5.69 Å². The molecule has 1 aromatic heterocycles. The van der Waals surface area contributed by atoms with Crippen LogP contribution in [0.15, 0.2) is 12.3 Å². The van der Waals surface area contributed by atoms with Gasteiger partial charge in [0.05, 0.1) is 5.69 Å². The lowest BCUT2D eigenvalue weighted by Crippen LogP contribution is -2.35. The molecule has 17 heavy (non-hydrogen) atoms. The monoisotopic (exact) mass is 237 g/mol. The first-order valence-electron chi connectivity index (χ1n) is 6.38. The van der Waals surface area contributed by atoms with Crippen molar-refractivity contribution in [1.29, 1.82) is 0 Å². The van der Waals surface area contributed by atoms with Gasteiger partial charge in [-0.1, -0.05) is 20.8 Å². The van der Waals surface area contributed by atoms with Gasteiger partial charge in [0.25, 0.3) is 5.91 Å². The number of nitrogen functional groups attached to an aromatic ring is 1. The Bertz CT molecular complexity index is 367. The van der Waals surface area contributed by atoms with E-state index in [-0.39, 0.29) is 11.9 Å². The number of hydrogen-bond donors (Lipinski definition) is 2. The quantitative estimate of drug-likeness (QED) is 0.798. The van der Waals surface area contributed by atoms with Gasteiger partial charge in [0.15, 0.2) is 0 Å². The molecular formula is C13H23N3O. The molecule has 4 heteroatoms. The maximum absolute atomic E-state index is 12.1. The zero-order valence-corrected chi connectivity index (χ0v) is 11.0. The molecule has 0 aliphatic heterocycles. The molecular weight excluding hydrogens is 214 g/mol. The average molecular weight is 237 g/mol. The predicted octanol–water partition coefficient (Wildman–Crippen LogP) is 2.40. The number of carbonyl (C=O) groups excluding carboxylic acids is 1. The van der Waals surface area contributed by atoms with E-state index in [9.17, 15) is 4.79 Å². The maximum Gasteiger partial charge on any atom is 0.268 e. The first kappa shape index (κ1) is 13.6. The molecule has 1 aromatic rings. The molecule has 0 atom stereocenters. The Morgan fingerprint density at radius 2 is 2.06 bits per heavy atom. The summed E-state index contributed by atoms with van der Waals surface area (Å²) in [5, 5.41) is 3.03. The third-order valence-electron chi connectivity index (χ3n) is 2.94. The highest BCUT2D eigenvalue weighted by atomic mass is 16.2. The predicted molar refractivity (Wildman–Crippen MR) is 71.0 cm³/mol. The molecule has 0 spiro atoms. The number of hydrogen-bond acceptors (Lipinski definition) is 2. The molecule has 0 radical (unpaired) electrons. The highest BCUT2D eigenvalue weighted by molar-refractivity contribution is 5.94. The normalized spacial score (nSPS) is 10.8. The van der Waals surface area contributed by atoms with Crippen molar-refractivity contribution in [2.75, 3.05) is 5.73 Å². The molecule has 0 bridgehead atoms. The van der Waals surface area contributed by atoms with Crippen LogP contribution in [0.5, 0.6) is 0 Å². The van der Waals surface area contributed by atoms with Crippen molar-refractivity contribution >= 4 is 11.6 Å². The van der Waals surface area contributed by atoms with Gasteiger partial charge in [-0.15, -0.1) is 0 Å². The number of nitrogens with one attached hydrogen (secondary N) is 1. The molecule has 0 aromatic carbocycles. The van der Waals surface area contributed by atoms with Gasteiger partial charge in [-0.3, -0.25) is 4.79 Å². The molecule has 1 rings (SSSR count). The third-order valence-corrected chi connectivity index (χ3v) is 2.94. The molecule has 0 saturated heterocycles. The summed E-state index contributed by atoms with van der Waals surface area (Å²) in [6.07, 6.45) is 4.71. The van der Waals surface area contributed by atoms with E-state index in [4.69, 9.17) is 5.73 Å². The van der Waals surface area contributed by atoms with E-state index >= 15 is 0 Å². The second kappa shape index (κ2) is 6.33. The van der Waals surface area contributed by atoms with Crippen LogP contribution in [0, 0.1) is 0 Å². The Morgan fingerprint density at radius 3 is 2.59 bits per heavy atom. The van der Waals surface area contributed by atoms with Crippen molar-refractivity contribution in [2.45, 2.75) is 52.6 Å². The highest BCUT2D eigenvalue weighted by Crippen LogP contribution is 2.12. The fraction of sp³-hybridized carbons (Fsp3) is 0.615. The van der Waals surface area contributed by atoms with E-state index in [0.29, 0.717) is 11.4 Å². The maximum atomic E-state index is 12.1. The van der Waals surface area contributed by atoms with Crippen LogP contribution >= 0.6 is 0 Å². The van der Waals surface area contributed by atoms with Crippen LogP contribution in [0.1, 0.15) is 50.5 Å². The standard InChI is InChI=1S/C13H23N3O/c1-4-7-16-9-10(14)8-12(16)13(17)15-11(5-2)6-3/h8-9,11H,4-7,14H2,1-3H3,(H,15,17). The number of carbonyl (C=O) groups is 1. The van der Waals surface area contributed by atoms with E-state index in [2.05, 4.69) is 26.1 Å². The molecule has 0 unspecified atom stereocenters. The van der Waals surface area contributed by atoms with Crippen molar-refractivity contribution in [1.82, 2.24) is 9.88 Å². The molecule has 1 heterocycles. The average Bonchev–Trinajstić information content (AvgIpc) is 2.67. The zero-order chi connectivity index (χ0) is 12.8. The van der Waals surface area contributed by atoms with E-state index in [0.717, 1.165) is 25.8 Å². The van der Waals surface area contributed by atoms with Gasteiger partial charge in [0, 0.05) is 18.8 Å². The van der Waals surface area contributed by atoms with Gasteiger partial charge in [-0.2, -0.15) is 0 Å². The first-order chi connectivity index (χ1) is 8.12. The minimum absolute atomic E-state index is 0.0242. The van der Waals surface area contributed by atoms with Crippen LogP contribution in [0.2, 0.25) is 0 Å². The van der Waals surface area contributed by atoms with Crippen molar-refractivity contribution in [3.05, 3.63) is 18.0 Å². The summed E-state index contributed by atoms with van der Waals surface area (Å²) in [6, 6.07) is 1.99. The fourth-order valence-electron chi connectivity index (χ4n) is 1.90. The number of rotatable bonds is 6. The van der Waals surface area contributed by atoms with E-state index < -0.39 is 0 Å². The van der Waals surface area contributed by atoms with Crippen LogP contribution < -0.4 is 11.1 Å². The van der Waals surface area contributed by atoms with E-state index in [1.54, 1.807) is 6.07 Å². The summed E-state index contributed by atoms with van der Waals surface area (Å²) in [5.41, 5.74) is 7.05. The van der Waals surface area contributed by atoms with Crippen LogP contribution in [0.4, 0.5) is 5.69 Å². The lowest BCUT2D eigenvalue weighted by atomic mass is 10.1.